The fraction of sp³-hybridized carbons (Fsp3) is 0.509. The van der Waals surface area contributed by atoms with Gasteiger partial charge in [-0.05, 0) is 63.1 Å². The molecule has 84 heavy (non-hydrogen) atoms. The number of aliphatic hydroxyl groups is 6. The molecular weight excluding hydrogens is 1100 g/mol. The number of alkyl carbamates (subject to hydrolysis) is 1. The molecule has 13 atom stereocenters. The highest BCUT2D eigenvalue weighted by Crippen LogP contribution is 2.32. The van der Waals surface area contributed by atoms with Crippen LogP contribution in [0.25, 0.3) is 4.85 Å². The molecule has 0 saturated carbocycles. The Morgan fingerprint density at radius 1 is 0.726 bits per heavy atom. The van der Waals surface area contributed by atoms with Crippen LogP contribution in [0.4, 0.5) is 4.79 Å². The van der Waals surface area contributed by atoms with Crippen molar-refractivity contribution in [3.63, 3.8) is 0 Å². The molecule has 27 nitrogen and oxygen atoms in total. The number of rotatable bonds is 14. The lowest BCUT2D eigenvalue weighted by molar-refractivity contribution is -0.147. The van der Waals surface area contributed by atoms with E-state index in [1.165, 1.54) is 58.0 Å². The van der Waals surface area contributed by atoms with Gasteiger partial charge in [-0.1, -0.05) is 55.5 Å². The first kappa shape index (κ1) is 63.3. The molecule has 4 aliphatic rings. The van der Waals surface area contributed by atoms with Gasteiger partial charge in [0.15, 0.2) is 17.6 Å². The Labute approximate surface area is 483 Å². The number of ether oxygens (including phenoxy) is 3. The molecule has 27 heteroatoms. The summed E-state index contributed by atoms with van der Waals surface area (Å²) in [4.78, 5) is 132. The minimum atomic E-state index is -2.14. The Morgan fingerprint density at radius 2 is 1.36 bits per heavy atom. The number of nitrogens with zero attached hydrogens (tertiary/aromatic N) is 4. The molecule has 7 rings (SSSR count). The molecular formula is C57H71N9O18. The molecule has 9 amide bonds. The Balaban J connectivity index is 1.24. The van der Waals surface area contributed by atoms with Crippen molar-refractivity contribution in [2.24, 2.45) is 5.92 Å². The lowest BCUT2D eigenvalue weighted by Gasteiger charge is -2.33. The molecule has 3 aromatic carbocycles. The minimum Gasteiger partial charge on any atom is -0.488 e. The van der Waals surface area contributed by atoms with Gasteiger partial charge in [-0.25, -0.2) is 11.4 Å². The number of fused-ring (bicyclic) bond motifs is 3. The van der Waals surface area contributed by atoms with Gasteiger partial charge in [-0.3, -0.25) is 43.3 Å². The summed E-state index contributed by atoms with van der Waals surface area (Å²) in [5, 5.41) is 80.1. The molecule has 3 fully saturated rings. The number of carbonyl (C=O) groups is 9. The normalized spacial score (nSPS) is 26.7. The van der Waals surface area contributed by atoms with E-state index in [0.717, 1.165) is 27.2 Å². The van der Waals surface area contributed by atoms with Crippen molar-refractivity contribution in [1.82, 2.24) is 41.3 Å². The van der Waals surface area contributed by atoms with Crippen molar-refractivity contribution in [3.8, 4) is 11.5 Å². The molecule has 0 spiro atoms. The quantitative estimate of drug-likeness (QED) is 0.0609. The van der Waals surface area contributed by atoms with E-state index in [1.807, 2.05) is 18.2 Å². The van der Waals surface area contributed by atoms with E-state index in [4.69, 9.17) is 20.8 Å². The summed E-state index contributed by atoms with van der Waals surface area (Å²) in [5.74, 6) is -8.74. The van der Waals surface area contributed by atoms with E-state index >= 15 is 0 Å². The SMILES string of the molecule is [C-]#[N+]C[C@@H](O)[C@@H]1NC(=O)[C@H]([C@H](O)Cc2ccc(OCc3ccccc3)c(OCCN3C(=O)c4ccccc4C3=O)c2)NC(=O)[C@@H]2C[C@@H](O)CN2C(=O)[C@H]([C@@H](C)O)NC(=O)[C@@H](NC(=O)OC(C)(C)C)C[C@@H](O)CNC(=O)[C@@H]2[C@@H](O)[C@@H](C)CN2C1=O. The van der Waals surface area contributed by atoms with Crippen LogP contribution in [-0.2, 0) is 46.5 Å². The molecule has 3 saturated heterocycles. The van der Waals surface area contributed by atoms with Gasteiger partial charge in [0.05, 0.1) is 48.2 Å². The Bertz CT molecular complexity index is 2950. The number of carbonyl (C=O) groups excluding carboxylic acids is 9. The van der Waals surface area contributed by atoms with Crippen molar-refractivity contribution in [3.05, 3.63) is 106 Å². The predicted molar refractivity (Wildman–Crippen MR) is 293 cm³/mol. The fourth-order valence-corrected chi connectivity index (χ4v) is 10.3. The highest BCUT2D eigenvalue weighted by atomic mass is 16.6. The second-order valence-electron chi connectivity index (χ2n) is 22.2. The van der Waals surface area contributed by atoms with Crippen LogP contribution < -0.4 is 36.1 Å². The number of imide groups is 1. The highest BCUT2D eigenvalue weighted by molar-refractivity contribution is 6.21. The Kier molecular flexibility index (Phi) is 20.7. The third-order valence-electron chi connectivity index (χ3n) is 14.5. The fourth-order valence-electron chi connectivity index (χ4n) is 10.3. The van der Waals surface area contributed by atoms with Crippen LogP contribution in [0.1, 0.15) is 79.3 Å². The zero-order valence-corrected chi connectivity index (χ0v) is 46.9. The van der Waals surface area contributed by atoms with Crippen LogP contribution in [0.2, 0.25) is 0 Å². The number of β-amino-alcohol motifs (C(OH)–C–C–N with tert-alkyl or cyclic N) is 1. The number of hydrogen-bond donors (Lipinski definition) is 11. The van der Waals surface area contributed by atoms with Crippen LogP contribution in [0.15, 0.2) is 72.8 Å². The van der Waals surface area contributed by atoms with E-state index in [9.17, 15) is 73.8 Å². The average Bonchev–Trinajstić information content (AvgIpc) is 2.93. The maximum absolute atomic E-state index is 14.9. The maximum Gasteiger partial charge on any atom is 0.408 e. The van der Waals surface area contributed by atoms with E-state index in [2.05, 4.69) is 31.4 Å². The monoisotopic (exact) mass is 1170 g/mol. The zero-order chi connectivity index (χ0) is 61.3. The van der Waals surface area contributed by atoms with Gasteiger partial charge in [0.2, 0.25) is 42.0 Å². The first-order valence-electron chi connectivity index (χ1n) is 27.3. The number of amides is 9. The second-order valence-corrected chi connectivity index (χ2v) is 22.2. The number of hydrogen-bond acceptors (Lipinski definition) is 18. The number of aliphatic hydroxyl groups excluding tert-OH is 6. The molecule has 4 heterocycles. The number of nitrogens with one attached hydrogen (secondary N) is 5. The largest absolute Gasteiger partial charge is 0.488 e. The van der Waals surface area contributed by atoms with Crippen molar-refractivity contribution >= 4 is 53.4 Å². The second kappa shape index (κ2) is 27.4. The van der Waals surface area contributed by atoms with Crippen molar-refractivity contribution in [2.75, 3.05) is 39.3 Å². The molecule has 452 valence electrons. The van der Waals surface area contributed by atoms with Gasteiger partial charge < -0.3 is 86.1 Å². The first-order chi connectivity index (χ1) is 39.8. The smallest absolute Gasteiger partial charge is 0.408 e. The van der Waals surface area contributed by atoms with Crippen molar-refractivity contribution in [2.45, 2.75) is 139 Å². The first-order valence-corrected chi connectivity index (χ1v) is 27.3. The topological polar surface area (TPSA) is 377 Å². The van der Waals surface area contributed by atoms with Crippen molar-refractivity contribution in [1.29, 1.82) is 0 Å². The molecule has 0 aromatic heterocycles. The molecule has 0 bridgehead atoms. The highest BCUT2D eigenvalue weighted by Gasteiger charge is 2.50. The molecule has 4 aliphatic heterocycles. The van der Waals surface area contributed by atoms with Gasteiger partial charge in [0.1, 0.15) is 55.1 Å². The van der Waals surface area contributed by atoms with Crippen LogP contribution in [0.5, 0.6) is 11.5 Å². The van der Waals surface area contributed by atoms with Crippen LogP contribution in [-0.4, -0.2) is 216 Å². The summed E-state index contributed by atoms with van der Waals surface area (Å²) in [6, 6.07) is 8.44. The lowest BCUT2D eigenvalue weighted by Crippen LogP contribution is -2.64. The van der Waals surface area contributed by atoms with Gasteiger partial charge in [0.25, 0.3) is 11.8 Å². The summed E-state index contributed by atoms with van der Waals surface area (Å²) in [6.07, 6.45) is -13.3. The number of benzene rings is 3. The third-order valence-corrected chi connectivity index (χ3v) is 14.5. The van der Waals surface area contributed by atoms with Gasteiger partial charge >= 0.3 is 6.09 Å². The Morgan fingerprint density at radius 3 is 2.00 bits per heavy atom. The molecule has 0 unspecified atom stereocenters. The van der Waals surface area contributed by atoms with Crippen LogP contribution in [0, 0.1) is 12.5 Å². The summed E-state index contributed by atoms with van der Waals surface area (Å²) < 4.78 is 17.6. The third kappa shape index (κ3) is 15.3. The molecule has 0 radical (unpaired) electrons. The molecule has 11 N–H and O–H groups in total. The molecule has 3 aromatic rings. The van der Waals surface area contributed by atoms with Gasteiger partial charge in [0, 0.05) is 44.8 Å². The van der Waals surface area contributed by atoms with Gasteiger partial charge in [-0.2, -0.15) is 0 Å². The summed E-state index contributed by atoms with van der Waals surface area (Å²) in [5.41, 5.74) is 0.351. The van der Waals surface area contributed by atoms with E-state index in [1.54, 1.807) is 24.3 Å². The van der Waals surface area contributed by atoms with E-state index in [-0.39, 0.29) is 54.5 Å². The van der Waals surface area contributed by atoms with Crippen LogP contribution >= 0.6 is 0 Å². The average molecular weight is 1170 g/mol. The standard InChI is InChI=1S/C57H71N9O18/c1-29-26-66-46(47(29)72)51(76)59-24-33(68)22-37(60-56(81)84-57(3,4)5)48(73)61-43(30(2)67)54(79)65-27-34(69)23-38(65)49(74)62-44(50(75)63-45(55(66)80)40(71)25-58-6)39(70)20-32-16-17-41(83-28-31-12-8-7-9-13-31)42(21-32)82-19-18-64-52(77)35-14-10-11-15-36(35)53(64)78/h7-17,21,29-30,33-34,37-40,43-47,67-72H,18-20,22-28H2,1-5H3,(H,59,76)(H,60,81)(H,61,73)(H,62,74)(H,63,75)/t29-,30+,33+,34+,37-,38-,39+,40+,43-,44-,45-,46-,47-/m0/s1. The van der Waals surface area contributed by atoms with Crippen LogP contribution in [0.3, 0.4) is 0 Å². The summed E-state index contributed by atoms with van der Waals surface area (Å²) in [7, 11) is 0. The van der Waals surface area contributed by atoms with Gasteiger partial charge in [-0.15, -0.1) is 0 Å². The maximum atomic E-state index is 14.9. The summed E-state index contributed by atoms with van der Waals surface area (Å²) in [6.45, 7) is 11.9. The van der Waals surface area contributed by atoms with Crippen molar-refractivity contribution < 1.29 is 88.0 Å². The minimum absolute atomic E-state index is 0.0523. The lowest BCUT2D eigenvalue weighted by atomic mass is 9.99. The zero-order valence-electron chi connectivity index (χ0n) is 46.9. The van der Waals surface area contributed by atoms with E-state index in [0.29, 0.717) is 0 Å². The predicted octanol–water partition coefficient (Wildman–Crippen LogP) is -2.10. The molecule has 0 aliphatic carbocycles. The summed E-state index contributed by atoms with van der Waals surface area (Å²) >= 11 is 0. The Hall–Kier alpha value is -8.26. The van der Waals surface area contributed by atoms with E-state index < -0.39 is 177 Å².